The first-order valence-corrected chi connectivity index (χ1v) is 6.45. The van der Waals surface area contributed by atoms with Crippen molar-refractivity contribution in [2.24, 2.45) is 0 Å². The molecule has 0 aliphatic carbocycles. The van der Waals surface area contributed by atoms with Gasteiger partial charge in [-0.15, -0.1) is 0 Å². The second-order valence-corrected chi connectivity index (χ2v) is 6.11. The second-order valence-electron chi connectivity index (χ2n) is 3.61. The summed E-state index contributed by atoms with van der Waals surface area (Å²) in [5.41, 5.74) is -0.585. The molecular formula is C7H13NO3S2. The molecule has 1 aliphatic heterocycles. The molecule has 76 valence electrons. The predicted octanol–water partition coefficient (Wildman–Crippen LogP) is -0.390. The van der Waals surface area contributed by atoms with E-state index in [1.54, 1.807) is 6.92 Å². The maximum atomic E-state index is 11.1. The van der Waals surface area contributed by atoms with Crippen molar-refractivity contribution in [1.82, 2.24) is 5.32 Å². The standard InChI is InChI=1S/C7H13NO3S2/c1-7(8-6(9)4-12)2-3-13(10,11)5-7/h12H,2-5H2,1H3,(H,8,9). The van der Waals surface area contributed by atoms with Gasteiger partial charge in [0.15, 0.2) is 9.84 Å². The Kier molecular flexibility index (Phi) is 2.91. The lowest BCUT2D eigenvalue weighted by atomic mass is 10.0. The zero-order chi connectivity index (χ0) is 10.1. The van der Waals surface area contributed by atoms with Gasteiger partial charge in [0.25, 0.3) is 0 Å². The Morgan fingerprint density at radius 1 is 1.62 bits per heavy atom. The molecule has 4 nitrogen and oxygen atoms in total. The Morgan fingerprint density at radius 3 is 2.62 bits per heavy atom. The molecule has 1 atom stereocenters. The highest BCUT2D eigenvalue weighted by atomic mass is 32.2. The fraction of sp³-hybridized carbons (Fsp3) is 0.857. The highest BCUT2D eigenvalue weighted by Gasteiger charge is 2.39. The van der Waals surface area contributed by atoms with Crippen LogP contribution in [0.2, 0.25) is 0 Å². The summed E-state index contributed by atoms with van der Waals surface area (Å²) in [6.07, 6.45) is 0.495. The lowest BCUT2D eigenvalue weighted by Gasteiger charge is -2.23. The van der Waals surface area contributed by atoms with Crippen molar-refractivity contribution in [3.05, 3.63) is 0 Å². The minimum absolute atomic E-state index is 0.0412. The molecule has 0 aromatic rings. The number of hydrogen-bond acceptors (Lipinski definition) is 4. The van der Waals surface area contributed by atoms with E-state index < -0.39 is 15.4 Å². The fourth-order valence-electron chi connectivity index (χ4n) is 1.49. The predicted molar refractivity (Wildman–Crippen MR) is 53.7 cm³/mol. The molecule has 1 unspecified atom stereocenters. The van der Waals surface area contributed by atoms with Gasteiger partial charge in [-0.25, -0.2) is 8.42 Å². The van der Waals surface area contributed by atoms with Gasteiger partial charge in [-0.3, -0.25) is 4.79 Å². The highest BCUT2D eigenvalue weighted by molar-refractivity contribution is 7.91. The van der Waals surface area contributed by atoms with Crippen LogP contribution >= 0.6 is 12.6 Å². The van der Waals surface area contributed by atoms with E-state index in [9.17, 15) is 13.2 Å². The Labute approximate surface area is 83.4 Å². The van der Waals surface area contributed by atoms with Crippen LogP contribution in [0.4, 0.5) is 0 Å². The van der Waals surface area contributed by atoms with Crippen molar-refractivity contribution in [2.75, 3.05) is 17.3 Å². The summed E-state index contributed by atoms with van der Waals surface area (Å²) in [6.45, 7) is 1.75. The van der Waals surface area contributed by atoms with Gasteiger partial charge in [0.2, 0.25) is 5.91 Å². The SMILES string of the molecule is CC1(NC(=O)CS)CCS(=O)(=O)C1. The van der Waals surface area contributed by atoms with E-state index in [0.29, 0.717) is 6.42 Å². The van der Waals surface area contributed by atoms with Gasteiger partial charge in [0.05, 0.1) is 22.8 Å². The first-order chi connectivity index (χ1) is 5.87. The third kappa shape index (κ3) is 2.87. The molecule has 1 rings (SSSR count). The molecule has 0 aromatic heterocycles. The number of amides is 1. The second kappa shape index (κ2) is 3.49. The monoisotopic (exact) mass is 223 g/mol. The summed E-state index contributed by atoms with van der Waals surface area (Å²) in [5.74, 6) is 0.0776. The molecule has 1 amide bonds. The summed E-state index contributed by atoms with van der Waals surface area (Å²) < 4.78 is 22.3. The molecule has 1 aliphatic rings. The molecule has 6 heteroatoms. The molecule has 1 saturated heterocycles. The maximum Gasteiger partial charge on any atom is 0.230 e. The normalized spacial score (nSPS) is 31.5. The van der Waals surface area contributed by atoms with Gasteiger partial charge in [0, 0.05) is 0 Å². The van der Waals surface area contributed by atoms with Crippen LogP contribution in [0.3, 0.4) is 0 Å². The number of sulfone groups is 1. The molecule has 1 fully saturated rings. The van der Waals surface area contributed by atoms with Crippen LogP contribution in [-0.2, 0) is 14.6 Å². The fourth-order valence-corrected chi connectivity index (χ4v) is 3.66. The number of hydrogen-bond donors (Lipinski definition) is 2. The topological polar surface area (TPSA) is 63.2 Å². The van der Waals surface area contributed by atoms with Crippen LogP contribution in [0.25, 0.3) is 0 Å². The maximum absolute atomic E-state index is 11.1. The highest BCUT2D eigenvalue weighted by Crippen LogP contribution is 2.22. The molecule has 0 spiro atoms. The molecule has 0 aromatic carbocycles. The third-order valence-electron chi connectivity index (χ3n) is 2.09. The number of rotatable bonds is 2. The van der Waals surface area contributed by atoms with Crippen molar-refractivity contribution in [3.63, 3.8) is 0 Å². The number of nitrogens with one attached hydrogen (secondary N) is 1. The molecular weight excluding hydrogens is 210 g/mol. The average molecular weight is 223 g/mol. The number of carbonyl (C=O) groups is 1. The van der Waals surface area contributed by atoms with Gasteiger partial charge in [-0.1, -0.05) is 0 Å². The van der Waals surface area contributed by atoms with E-state index in [4.69, 9.17) is 0 Å². The van der Waals surface area contributed by atoms with E-state index >= 15 is 0 Å². The Morgan fingerprint density at radius 2 is 2.23 bits per heavy atom. The van der Waals surface area contributed by atoms with Crippen molar-refractivity contribution in [3.8, 4) is 0 Å². The molecule has 0 radical (unpaired) electrons. The molecule has 0 bridgehead atoms. The van der Waals surface area contributed by atoms with Crippen molar-refractivity contribution < 1.29 is 13.2 Å². The summed E-state index contributed by atoms with van der Waals surface area (Å²) in [4.78, 5) is 11.0. The minimum atomic E-state index is -2.95. The first kappa shape index (κ1) is 10.8. The van der Waals surface area contributed by atoms with Crippen LogP contribution in [-0.4, -0.2) is 37.1 Å². The quantitative estimate of drug-likeness (QED) is 0.627. The van der Waals surface area contributed by atoms with Crippen LogP contribution in [0.1, 0.15) is 13.3 Å². The van der Waals surface area contributed by atoms with E-state index in [2.05, 4.69) is 17.9 Å². The van der Waals surface area contributed by atoms with Crippen LogP contribution in [0, 0.1) is 0 Å². The van der Waals surface area contributed by atoms with Crippen molar-refractivity contribution in [1.29, 1.82) is 0 Å². The Balaban J connectivity index is 2.65. The minimum Gasteiger partial charge on any atom is -0.349 e. The lowest BCUT2D eigenvalue weighted by Crippen LogP contribution is -2.47. The van der Waals surface area contributed by atoms with Gasteiger partial charge in [-0.2, -0.15) is 12.6 Å². The van der Waals surface area contributed by atoms with Crippen LogP contribution < -0.4 is 5.32 Å². The summed E-state index contributed by atoms with van der Waals surface area (Å²) in [5, 5.41) is 2.67. The zero-order valence-electron chi connectivity index (χ0n) is 7.41. The molecule has 13 heavy (non-hydrogen) atoms. The smallest absolute Gasteiger partial charge is 0.230 e. The van der Waals surface area contributed by atoms with E-state index in [0.717, 1.165) is 0 Å². The van der Waals surface area contributed by atoms with Crippen molar-refractivity contribution in [2.45, 2.75) is 18.9 Å². The largest absolute Gasteiger partial charge is 0.349 e. The zero-order valence-corrected chi connectivity index (χ0v) is 9.12. The van der Waals surface area contributed by atoms with E-state index in [-0.39, 0.29) is 23.2 Å². The molecule has 1 N–H and O–H groups in total. The third-order valence-corrected chi connectivity index (χ3v) is 4.28. The van der Waals surface area contributed by atoms with Gasteiger partial charge >= 0.3 is 0 Å². The Bertz CT molecular complexity index is 312. The Hall–Kier alpha value is -0.230. The van der Waals surface area contributed by atoms with E-state index in [1.807, 2.05) is 0 Å². The molecule has 0 saturated carbocycles. The van der Waals surface area contributed by atoms with Gasteiger partial charge in [-0.05, 0) is 13.3 Å². The lowest BCUT2D eigenvalue weighted by molar-refractivity contribution is -0.120. The van der Waals surface area contributed by atoms with Crippen molar-refractivity contribution >= 4 is 28.4 Å². The van der Waals surface area contributed by atoms with Gasteiger partial charge in [0.1, 0.15) is 0 Å². The van der Waals surface area contributed by atoms with E-state index in [1.165, 1.54) is 0 Å². The number of thiol groups is 1. The summed E-state index contributed by atoms with van der Waals surface area (Å²) >= 11 is 3.81. The summed E-state index contributed by atoms with van der Waals surface area (Å²) in [7, 11) is -2.95. The molecule has 1 heterocycles. The summed E-state index contributed by atoms with van der Waals surface area (Å²) in [6, 6.07) is 0. The van der Waals surface area contributed by atoms with Crippen LogP contribution in [0.15, 0.2) is 0 Å². The first-order valence-electron chi connectivity index (χ1n) is 3.99. The number of carbonyl (C=O) groups excluding carboxylic acids is 1. The van der Waals surface area contributed by atoms with Gasteiger partial charge < -0.3 is 5.32 Å². The van der Waals surface area contributed by atoms with Crippen LogP contribution in [0.5, 0.6) is 0 Å². The average Bonchev–Trinajstić information content (AvgIpc) is 2.25.